The second kappa shape index (κ2) is 7.07. The van der Waals surface area contributed by atoms with Gasteiger partial charge in [-0.2, -0.15) is 0 Å². The normalized spacial score (nSPS) is 15.5. The number of rotatable bonds is 5. The first-order valence-electron chi connectivity index (χ1n) is 8.27. The van der Waals surface area contributed by atoms with Gasteiger partial charge in [-0.1, -0.05) is 13.0 Å². The summed E-state index contributed by atoms with van der Waals surface area (Å²) in [4.78, 5) is 7.31. The van der Waals surface area contributed by atoms with Crippen LogP contribution in [-0.2, 0) is 17.6 Å². The van der Waals surface area contributed by atoms with Gasteiger partial charge in [0.2, 0.25) is 0 Å². The van der Waals surface area contributed by atoms with E-state index in [4.69, 9.17) is 15.5 Å². The second-order valence-electron chi connectivity index (χ2n) is 5.84. The number of morpholine rings is 1. The van der Waals surface area contributed by atoms with Crippen molar-refractivity contribution in [1.29, 1.82) is 0 Å². The Bertz CT molecular complexity index is 636. The Labute approximate surface area is 132 Å². The minimum Gasteiger partial charge on any atom is -0.378 e. The lowest BCUT2D eigenvalue weighted by molar-refractivity contribution is 0.122. The smallest absolute Gasteiger partial charge is 0.132 e. The second-order valence-corrected chi connectivity index (χ2v) is 5.84. The van der Waals surface area contributed by atoms with Gasteiger partial charge in [-0.3, -0.25) is 0 Å². The fourth-order valence-corrected chi connectivity index (χ4v) is 3.00. The standard InChI is InChI=1S/C18H25N3O/c1-2-14-5-6-17-16(12-14)13-15(4-3-7-19)18(20-17)21-8-10-22-11-9-21/h5-6,12-13H,2-4,7-11,19H2,1H3. The molecule has 1 aliphatic rings. The summed E-state index contributed by atoms with van der Waals surface area (Å²) < 4.78 is 5.47. The molecule has 22 heavy (non-hydrogen) atoms. The molecule has 3 rings (SSSR count). The average Bonchev–Trinajstić information content (AvgIpc) is 2.59. The van der Waals surface area contributed by atoms with Crippen molar-refractivity contribution in [2.75, 3.05) is 37.7 Å². The topological polar surface area (TPSA) is 51.4 Å². The van der Waals surface area contributed by atoms with Gasteiger partial charge in [0.1, 0.15) is 5.82 Å². The molecule has 4 heteroatoms. The molecule has 0 aliphatic carbocycles. The zero-order valence-corrected chi connectivity index (χ0v) is 13.3. The predicted octanol–water partition coefficient (Wildman–Crippen LogP) is 2.53. The lowest BCUT2D eigenvalue weighted by Gasteiger charge is -2.30. The third kappa shape index (κ3) is 3.23. The first-order chi connectivity index (χ1) is 10.8. The summed E-state index contributed by atoms with van der Waals surface area (Å²) in [5.74, 6) is 1.12. The molecule has 4 nitrogen and oxygen atoms in total. The molecule has 0 unspecified atom stereocenters. The minimum atomic E-state index is 0.718. The van der Waals surface area contributed by atoms with Crippen LogP contribution >= 0.6 is 0 Å². The minimum absolute atomic E-state index is 0.718. The maximum absolute atomic E-state index is 5.71. The molecule has 0 bridgehead atoms. The Morgan fingerprint density at radius 1 is 1.23 bits per heavy atom. The van der Waals surface area contributed by atoms with Crippen LogP contribution in [0, 0.1) is 0 Å². The molecule has 0 saturated carbocycles. The Balaban J connectivity index is 2.02. The van der Waals surface area contributed by atoms with E-state index in [9.17, 15) is 0 Å². The Morgan fingerprint density at radius 3 is 2.77 bits per heavy atom. The molecular weight excluding hydrogens is 274 g/mol. The Morgan fingerprint density at radius 2 is 2.05 bits per heavy atom. The first kappa shape index (κ1) is 15.3. The highest BCUT2D eigenvalue weighted by Crippen LogP contribution is 2.26. The third-order valence-electron chi connectivity index (χ3n) is 4.30. The number of benzene rings is 1. The highest BCUT2D eigenvalue weighted by molar-refractivity contribution is 5.82. The van der Waals surface area contributed by atoms with Crippen LogP contribution in [0.4, 0.5) is 5.82 Å². The lowest BCUT2D eigenvalue weighted by Crippen LogP contribution is -2.37. The highest BCUT2D eigenvalue weighted by atomic mass is 16.5. The van der Waals surface area contributed by atoms with Gasteiger partial charge in [-0.25, -0.2) is 4.98 Å². The van der Waals surface area contributed by atoms with Crippen molar-refractivity contribution in [3.05, 3.63) is 35.4 Å². The fraction of sp³-hybridized carbons (Fsp3) is 0.500. The van der Waals surface area contributed by atoms with E-state index in [2.05, 4.69) is 36.1 Å². The van der Waals surface area contributed by atoms with Crippen LogP contribution < -0.4 is 10.6 Å². The first-order valence-corrected chi connectivity index (χ1v) is 8.27. The van der Waals surface area contributed by atoms with Gasteiger partial charge in [-0.05, 0) is 55.1 Å². The van der Waals surface area contributed by atoms with E-state index in [1.165, 1.54) is 16.5 Å². The van der Waals surface area contributed by atoms with Crippen LogP contribution in [0.5, 0.6) is 0 Å². The zero-order chi connectivity index (χ0) is 15.4. The zero-order valence-electron chi connectivity index (χ0n) is 13.3. The molecule has 1 aromatic heterocycles. The van der Waals surface area contributed by atoms with E-state index >= 15 is 0 Å². The number of hydrogen-bond donors (Lipinski definition) is 1. The van der Waals surface area contributed by atoms with E-state index in [1.54, 1.807) is 0 Å². The van der Waals surface area contributed by atoms with Crippen LogP contribution in [-0.4, -0.2) is 37.8 Å². The largest absolute Gasteiger partial charge is 0.378 e. The van der Waals surface area contributed by atoms with Crippen molar-refractivity contribution >= 4 is 16.7 Å². The molecule has 1 fully saturated rings. The maximum Gasteiger partial charge on any atom is 0.132 e. The van der Waals surface area contributed by atoms with Crippen molar-refractivity contribution in [2.45, 2.75) is 26.2 Å². The average molecular weight is 299 g/mol. The number of pyridine rings is 1. The van der Waals surface area contributed by atoms with Crippen molar-refractivity contribution < 1.29 is 4.74 Å². The summed E-state index contributed by atoms with van der Waals surface area (Å²) in [5, 5.41) is 1.24. The molecule has 1 saturated heterocycles. The molecule has 2 N–H and O–H groups in total. The van der Waals surface area contributed by atoms with Gasteiger partial charge < -0.3 is 15.4 Å². The predicted molar refractivity (Wildman–Crippen MR) is 91.5 cm³/mol. The number of ether oxygens (including phenoxy) is 1. The van der Waals surface area contributed by atoms with E-state index in [0.717, 1.165) is 63.4 Å². The molecule has 2 aromatic rings. The van der Waals surface area contributed by atoms with E-state index < -0.39 is 0 Å². The number of aromatic nitrogens is 1. The van der Waals surface area contributed by atoms with Gasteiger partial charge in [0.25, 0.3) is 0 Å². The maximum atomic E-state index is 5.71. The molecule has 1 aromatic carbocycles. The number of nitrogens with zero attached hydrogens (tertiary/aromatic N) is 2. The van der Waals surface area contributed by atoms with E-state index in [-0.39, 0.29) is 0 Å². The summed E-state index contributed by atoms with van der Waals surface area (Å²) >= 11 is 0. The number of anilines is 1. The van der Waals surface area contributed by atoms with Crippen molar-refractivity contribution in [1.82, 2.24) is 4.98 Å². The summed E-state index contributed by atoms with van der Waals surface area (Å²) in [5.41, 5.74) is 9.46. The SMILES string of the molecule is CCc1ccc2nc(N3CCOCC3)c(CCCN)cc2c1. The molecule has 0 amide bonds. The fourth-order valence-electron chi connectivity index (χ4n) is 3.00. The van der Waals surface area contributed by atoms with Crippen LogP contribution in [0.25, 0.3) is 10.9 Å². The molecule has 0 atom stereocenters. The molecule has 0 radical (unpaired) electrons. The van der Waals surface area contributed by atoms with Crippen LogP contribution in [0.3, 0.4) is 0 Å². The van der Waals surface area contributed by atoms with Crippen molar-refractivity contribution in [2.24, 2.45) is 5.73 Å². The molecule has 0 spiro atoms. The van der Waals surface area contributed by atoms with Crippen molar-refractivity contribution in [3.8, 4) is 0 Å². The summed E-state index contributed by atoms with van der Waals surface area (Å²) in [6, 6.07) is 8.89. The number of hydrogen-bond acceptors (Lipinski definition) is 4. The lowest BCUT2D eigenvalue weighted by atomic mass is 10.0. The Hall–Kier alpha value is -1.65. The van der Waals surface area contributed by atoms with Gasteiger partial charge in [-0.15, -0.1) is 0 Å². The monoisotopic (exact) mass is 299 g/mol. The molecular formula is C18H25N3O. The molecule has 1 aliphatic heterocycles. The quantitative estimate of drug-likeness (QED) is 0.922. The molecule has 2 heterocycles. The van der Waals surface area contributed by atoms with E-state index in [0.29, 0.717) is 0 Å². The van der Waals surface area contributed by atoms with Crippen molar-refractivity contribution in [3.63, 3.8) is 0 Å². The van der Waals surface area contributed by atoms with Crippen LogP contribution in [0.15, 0.2) is 24.3 Å². The highest BCUT2D eigenvalue weighted by Gasteiger charge is 2.17. The summed E-state index contributed by atoms with van der Waals surface area (Å²) in [6.45, 7) is 6.31. The number of nitrogens with two attached hydrogens (primary N) is 1. The summed E-state index contributed by atoms with van der Waals surface area (Å²) in [7, 11) is 0. The van der Waals surface area contributed by atoms with Gasteiger partial charge in [0, 0.05) is 18.5 Å². The van der Waals surface area contributed by atoms with Gasteiger partial charge >= 0.3 is 0 Å². The van der Waals surface area contributed by atoms with E-state index in [1.807, 2.05) is 0 Å². The Kier molecular flexibility index (Phi) is 4.90. The van der Waals surface area contributed by atoms with Crippen LogP contribution in [0.1, 0.15) is 24.5 Å². The van der Waals surface area contributed by atoms with Gasteiger partial charge in [0.05, 0.1) is 18.7 Å². The number of aryl methyl sites for hydroxylation is 2. The van der Waals surface area contributed by atoms with Crippen LogP contribution in [0.2, 0.25) is 0 Å². The number of fused-ring (bicyclic) bond motifs is 1. The molecule has 118 valence electrons. The summed E-state index contributed by atoms with van der Waals surface area (Å²) in [6.07, 6.45) is 3.04. The third-order valence-corrected chi connectivity index (χ3v) is 4.30. The van der Waals surface area contributed by atoms with Gasteiger partial charge in [0.15, 0.2) is 0 Å².